The number of hydrogen-bond donors (Lipinski definition) is 0. The van der Waals surface area contributed by atoms with E-state index < -0.39 is 0 Å². The van der Waals surface area contributed by atoms with Crippen molar-refractivity contribution in [1.29, 1.82) is 0 Å². The van der Waals surface area contributed by atoms with Gasteiger partial charge < -0.3 is 14.2 Å². The van der Waals surface area contributed by atoms with Crippen molar-refractivity contribution >= 4 is 27.7 Å². The molecule has 1 aliphatic rings. The lowest BCUT2D eigenvalue weighted by Crippen LogP contribution is -2.42. The van der Waals surface area contributed by atoms with Gasteiger partial charge in [0.2, 0.25) is 5.91 Å². The van der Waals surface area contributed by atoms with Crippen LogP contribution in [0.3, 0.4) is 0 Å². The van der Waals surface area contributed by atoms with E-state index in [2.05, 4.69) is 52.8 Å². The van der Waals surface area contributed by atoms with Gasteiger partial charge in [0.15, 0.2) is 0 Å². The van der Waals surface area contributed by atoms with Crippen LogP contribution in [-0.2, 0) is 22.6 Å². The van der Waals surface area contributed by atoms with Crippen molar-refractivity contribution in [3.8, 4) is 0 Å². The van der Waals surface area contributed by atoms with Crippen LogP contribution in [0.5, 0.6) is 0 Å². The highest BCUT2D eigenvalue weighted by atomic mass is 16.5. The Morgan fingerprint density at radius 2 is 1.57 bits per heavy atom. The molecular weight excluding hydrogens is 524 g/mol. The third-order valence-electron chi connectivity index (χ3n) is 8.11. The second kappa shape index (κ2) is 13.2. The largest absolute Gasteiger partial charge is 0.378 e. The maximum atomic E-state index is 13.5. The molecule has 1 fully saturated rings. The molecule has 0 aliphatic carbocycles. The Kier molecular flexibility index (Phi) is 8.82. The summed E-state index contributed by atoms with van der Waals surface area (Å²) in [5, 5.41) is 2.25. The van der Waals surface area contributed by atoms with Gasteiger partial charge in [-0.1, -0.05) is 50.1 Å². The molecule has 42 heavy (non-hydrogen) atoms. The van der Waals surface area contributed by atoms with E-state index in [1.807, 2.05) is 53.8 Å². The summed E-state index contributed by atoms with van der Waals surface area (Å²) in [6.07, 6.45) is 8.93. The molecule has 6 rings (SSSR count). The van der Waals surface area contributed by atoms with Gasteiger partial charge in [0.25, 0.3) is 0 Å². The second-order valence-corrected chi connectivity index (χ2v) is 10.8. The first kappa shape index (κ1) is 28.0. The quantitative estimate of drug-likeness (QED) is 0.195. The van der Waals surface area contributed by atoms with Gasteiger partial charge in [-0.05, 0) is 49.4 Å². The van der Waals surface area contributed by atoms with E-state index in [4.69, 9.17) is 19.7 Å². The number of unbranched alkanes of at least 4 members (excludes halogenated alkanes) is 2. The SMILES string of the molecule is CCCCCN(Cc1nccc2c3ccccc3n(CC(=O)N3CCOCC3)c12)C(c1ccccn1)c1ccccn1. The van der Waals surface area contributed by atoms with Gasteiger partial charge in [-0.3, -0.25) is 24.6 Å². The molecule has 0 saturated carbocycles. The Bertz CT molecular complexity index is 1580. The average Bonchev–Trinajstić information content (AvgIpc) is 3.37. The fourth-order valence-electron chi connectivity index (χ4n) is 6.06. The lowest BCUT2D eigenvalue weighted by molar-refractivity contribution is -0.135. The summed E-state index contributed by atoms with van der Waals surface area (Å²) < 4.78 is 7.67. The molecule has 0 bridgehead atoms. The zero-order valence-corrected chi connectivity index (χ0v) is 24.2. The molecule has 5 heterocycles. The van der Waals surface area contributed by atoms with Crippen molar-refractivity contribution in [2.75, 3.05) is 32.8 Å². The minimum atomic E-state index is -0.130. The van der Waals surface area contributed by atoms with Crippen LogP contribution in [0.4, 0.5) is 0 Å². The predicted molar refractivity (Wildman–Crippen MR) is 165 cm³/mol. The first-order valence-electron chi connectivity index (χ1n) is 15.0. The van der Waals surface area contributed by atoms with Gasteiger partial charge in [-0.15, -0.1) is 0 Å². The monoisotopic (exact) mass is 562 g/mol. The number of fused-ring (bicyclic) bond motifs is 3. The molecule has 1 amide bonds. The first-order chi connectivity index (χ1) is 20.7. The number of aromatic nitrogens is 4. The molecule has 1 aromatic carbocycles. The Hall–Kier alpha value is -4.14. The topological polar surface area (TPSA) is 76.4 Å². The maximum absolute atomic E-state index is 13.5. The minimum absolute atomic E-state index is 0.107. The minimum Gasteiger partial charge on any atom is -0.378 e. The van der Waals surface area contributed by atoms with Crippen molar-refractivity contribution in [2.24, 2.45) is 0 Å². The fraction of sp³-hybridized carbons (Fsp3) is 0.353. The summed E-state index contributed by atoms with van der Waals surface area (Å²) >= 11 is 0. The van der Waals surface area contributed by atoms with E-state index in [0.29, 0.717) is 32.8 Å². The second-order valence-electron chi connectivity index (χ2n) is 10.8. The van der Waals surface area contributed by atoms with Crippen LogP contribution < -0.4 is 0 Å². The predicted octanol–water partition coefficient (Wildman–Crippen LogP) is 5.62. The molecule has 0 N–H and O–H groups in total. The molecule has 216 valence electrons. The molecule has 0 radical (unpaired) electrons. The molecule has 5 aromatic rings. The Morgan fingerprint density at radius 3 is 2.26 bits per heavy atom. The zero-order valence-electron chi connectivity index (χ0n) is 24.2. The Labute approximate surface area is 247 Å². The van der Waals surface area contributed by atoms with Crippen molar-refractivity contribution in [1.82, 2.24) is 29.3 Å². The highest BCUT2D eigenvalue weighted by Gasteiger charge is 2.27. The van der Waals surface area contributed by atoms with Gasteiger partial charge in [-0.25, -0.2) is 0 Å². The molecule has 4 aromatic heterocycles. The number of amides is 1. The summed E-state index contributed by atoms with van der Waals surface area (Å²) in [6.45, 7) is 6.39. The van der Waals surface area contributed by atoms with Gasteiger partial charge in [0.05, 0.1) is 41.9 Å². The van der Waals surface area contributed by atoms with Crippen molar-refractivity contribution in [3.63, 3.8) is 0 Å². The van der Waals surface area contributed by atoms with E-state index in [9.17, 15) is 4.79 Å². The lowest BCUT2D eigenvalue weighted by Gasteiger charge is -2.31. The number of rotatable bonds is 11. The normalized spacial score (nSPS) is 13.9. The fourth-order valence-corrected chi connectivity index (χ4v) is 6.06. The van der Waals surface area contributed by atoms with Crippen molar-refractivity contribution in [2.45, 2.75) is 45.3 Å². The summed E-state index contributed by atoms with van der Waals surface area (Å²) in [5.74, 6) is 0.107. The number of carbonyl (C=O) groups is 1. The van der Waals surface area contributed by atoms with Gasteiger partial charge in [0.1, 0.15) is 6.54 Å². The third kappa shape index (κ3) is 5.91. The lowest BCUT2D eigenvalue weighted by atomic mass is 10.0. The number of benzene rings is 1. The van der Waals surface area contributed by atoms with Crippen LogP contribution in [0.15, 0.2) is 85.3 Å². The van der Waals surface area contributed by atoms with Crippen LogP contribution in [0.2, 0.25) is 0 Å². The van der Waals surface area contributed by atoms with Gasteiger partial charge in [-0.2, -0.15) is 0 Å². The molecule has 0 atom stereocenters. The third-order valence-corrected chi connectivity index (χ3v) is 8.11. The van der Waals surface area contributed by atoms with Crippen LogP contribution in [0.25, 0.3) is 21.8 Å². The summed E-state index contributed by atoms with van der Waals surface area (Å²) in [5.41, 5.74) is 4.94. The smallest absolute Gasteiger partial charge is 0.242 e. The number of para-hydroxylation sites is 1. The number of pyridine rings is 3. The summed E-state index contributed by atoms with van der Waals surface area (Å²) in [4.78, 5) is 32.4. The van der Waals surface area contributed by atoms with E-state index in [-0.39, 0.29) is 18.5 Å². The number of nitrogens with zero attached hydrogens (tertiary/aromatic N) is 6. The van der Waals surface area contributed by atoms with E-state index in [1.54, 1.807) is 0 Å². The number of carbonyl (C=O) groups excluding carboxylic acids is 1. The standard InChI is InChI=1S/C34H38N6O2/c1-2-3-10-19-39(34(28-12-6-8-16-35-28)29-13-7-9-17-36-29)24-30-33-27(15-18-37-30)26-11-4-5-14-31(26)40(33)25-32(41)38-20-22-42-23-21-38/h4-9,11-18,34H,2-3,10,19-25H2,1H3. The highest BCUT2D eigenvalue weighted by molar-refractivity contribution is 6.09. The number of ether oxygens (including phenoxy) is 1. The highest BCUT2D eigenvalue weighted by Crippen LogP contribution is 2.33. The molecule has 8 nitrogen and oxygen atoms in total. The molecule has 0 spiro atoms. The summed E-state index contributed by atoms with van der Waals surface area (Å²) in [7, 11) is 0. The molecule has 1 saturated heterocycles. The molecule has 0 unspecified atom stereocenters. The zero-order chi connectivity index (χ0) is 28.7. The summed E-state index contributed by atoms with van der Waals surface area (Å²) in [6, 6.07) is 22.4. The van der Waals surface area contributed by atoms with Crippen LogP contribution in [0.1, 0.15) is 49.3 Å². The molecule has 1 aliphatic heterocycles. The average molecular weight is 563 g/mol. The van der Waals surface area contributed by atoms with Crippen molar-refractivity contribution < 1.29 is 9.53 Å². The van der Waals surface area contributed by atoms with Gasteiger partial charge >= 0.3 is 0 Å². The molecule has 8 heteroatoms. The first-order valence-corrected chi connectivity index (χ1v) is 15.0. The molecular formula is C34H38N6O2. The maximum Gasteiger partial charge on any atom is 0.242 e. The number of morpholine rings is 1. The van der Waals surface area contributed by atoms with Crippen LogP contribution >= 0.6 is 0 Å². The number of hydrogen-bond acceptors (Lipinski definition) is 6. The van der Waals surface area contributed by atoms with Gasteiger partial charge in [0, 0.05) is 54.5 Å². The van der Waals surface area contributed by atoms with E-state index in [1.165, 1.54) is 0 Å². The van der Waals surface area contributed by atoms with Crippen LogP contribution in [0, 0.1) is 0 Å². The van der Waals surface area contributed by atoms with E-state index >= 15 is 0 Å². The Balaban J connectivity index is 1.45. The van der Waals surface area contributed by atoms with Crippen LogP contribution in [-0.4, -0.2) is 68.1 Å². The van der Waals surface area contributed by atoms with Crippen molar-refractivity contribution in [3.05, 3.63) is 102 Å². The Morgan fingerprint density at radius 1 is 0.857 bits per heavy atom. The van der Waals surface area contributed by atoms with E-state index in [0.717, 1.165) is 64.7 Å².